The molecule has 1 N–H and O–H groups in total. The fourth-order valence-electron chi connectivity index (χ4n) is 4.11. The normalized spacial score (nSPS) is 13.0. The number of hydrogen-bond donors (Lipinski definition) is 1. The van der Waals surface area contributed by atoms with Gasteiger partial charge in [-0.25, -0.2) is 4.68 Å². The molecule has 0 unspecified atom stereocenters. The molecule has 5 rings (SSSR count). The first-order valence-electron chi connectivity index (χ1n) is 10.7. The molecule has 0 fully saturated rings. The van der Waals surface area contributed by atoms with E-state index in [0.29, 0.717) is 5.89 Å². The molecule has 1 aliphatic carbocycles. The summed E-state index contributed by atoms with van der Waals surface area (Å²) in [6.45, 7) is 0.116. The van der Waals surface area contributed by atoms with E-state index in [2.05, 4.69) is 22.5 Å². The van der Waals surface area contributed by atoms with Crippen LogP contribution in [0.15, 0.2) is 65.1 Å². The third-order valence-electron chi connectivity index (χ3n) is 5.69. The molecule has 32 heavy (non-hydrogen) atoms. The van der Waals surface area contributed by atoms with Crippen molar-refractivity contribution in [3.63, 3.8) is 0 Å². The highest BCUT2D eigenvalue weighted by Gasteiger charge is 2.13. The van der Waals surface area contributed by atoms with Gasteiger partial charge in [0.1, 0.15) is 12.3 Å². The molecular formula is C25H23N3O3S. The maximum Gasteiger partial charge on any atom is 0.287 e. The van der Waals surface area contributed by atoms with Crippen LogP contribution in [0.4, 0.5) is 5.69 Å². The Kier molecular flexibility index (Phi) is 5.73. The SMILES string of the molecule is O=C(Cn1nc(COc2ccc3c(c2)CCCC3)oc1=S)Nc1cccc2ccccc12. The Labute approximate surface area is 190 Å². The Hall–Kier alpha value is -3.45. The number of hydrogen-bond acceptors (Lipinski definition) is 5. The van der Waals surface area contributed by atoms with Gasteiger partial charge >= 0.3 is 0 Å². The average Bonchev–Trinajstić information content (AvgIpc) is 3.16. The number of nitrogens with zero attached hydrogens (tertiary/aromatic N) is 2. The molecule has 7 heteroatoms. The molecular weight excluding hydrogens is 422 g/mol. The van der Waals surface area contributed by atoms with Gasteiger partial charge in [-0.3, -0.25) is 4.79 Å². The Morgan fingerprint density at radius 3 is 2.78 bits per heavy atom. The number of fused-ring (bicyclic) bond motifs is 2. The summed E-state index contributed by atoms with van der Waals surface area (Å²) in [6.07, 6.45) is 4.69. The number of carbonyl (C=O) groups is 1. The lowest BCUT2D eigenvalue weighted by molar-refractivity contribution is -0.117. The molecule has 1 aromatic heterocycles. The first kappa shape index (κ1) is 20.5. The summed E-state index contributed by atoms with van der Waals surface area (Å²) in [7, 11) is 0. The van der Waals surface area contributed by atoms with E-state index in [9.17, 15) is 4.79 Å². The van der Waals surface area contributed by atoms with E-state index >= 15 is 0 Å². The first-order valence-corrected chi connectivity index (χ1v) is 11.2. The largest absolute Gasteiger partial charge is 0.484 e. The molecule has 1 aliphatic rings. The zero-order valence-corrected chi connectivity index (χ0v) is 18.4. The molecule has 0 spiro atoms. The van der Waals surface area contributed by atoms with E-state index in [1.807, 2.05) is 48.5 Å². The minimum atomic E-state index is -0.229. The summed E-state index contributed by atoms with van der Waals surface area (Å²) in [5, 5.41) is 9.29. The lowest BCUT2D eigenvalue weighted by Crippen LogP contribution is -2.20. The van der Waals surface area contributed by atoms with Crippen molar-refractivity contribution in [3.05, 3.63) is 82.5 Å². The summed E-state index contributed by atoms with van der Waals surface area (Å²) < 4.78 is 12.8. The highest BCUT2D eigenvalue weighted by Crippen LogP contribution is 2.26. The number of anilines is 1. The van der Waals surface area contributed by atoms with Crippen LogP contribution in [0.25, 0.3) is 10.8 Å². The first-order chi connectivity index (χ1) is 15.7. The van der Waals surface area contributed by atoms with Gasteiger partial charge in [0, 0.05) is 11.1 Å². The molecule has 6 nitrogen and oxygen atoms in total. The topological polar surface area (TPSA) is 69.3 Å². The molecule has 1 heterocycles. The Bertz CT molecular complexity index is 1340. The highest BCUT2D eigenvalue weighted by molar-refractivity contribution is 7.71. The van der Waals surface area contributed by atoms with Gasteiger partial charge in [0.2, 0.25) is 5.91 Å². The molecule has 0 radical (unpaired) electrons. The molecule has 0 bridgehead atoms. The van der Waals surface area contributed by atoms with Gasteiger partial charge in [0.05, 0.1) is 0 Å². The number of rotatable bonds is 6. The van der Waals surface area contributed by atoms with E-state index < -0.39 is 0 Å². The van der Waals surface area contributed by atoms with Crippen molar-refractivity contribution >= 4 is 34.6 Å². The van der Waals surface area contributed by atoms with Gasteiger partial charge in [-0.15, -0.1) is 5.10 Å². The summed E-state index contributed by atoms with van der Waals surface area (Å²) in [5.41, 5.74) is 3.51. The maximum absolute atomic E-state index is 12.6. The van der Waals surface area contributed by atoms with Crippen molar-refractivity contribution in [2.24, 2.45) is 0 Å². The van der Waals surface area contributed by atoms with Crippen LogP contribution in [0.5, 0.6) is 5.75 Å². The third kappa shape index (κ3) is 4.43. The summed E-state index contributed by atoms with van der Waals surface area (Å²) in [4.78, 5) is 12.8. The van der Waals surface area contributed by atoms with E-state index in [0.717, 1.165) is 35.1 Å². The Balaban J connectivity index is 1.23. The highest BCUT2D eigenvalue weighted by atomic mass is 32.1. The predicted octanol–water partition coefficient (Wildman–Crippen LogP) is 5.46. The van der Waals surface area contributed by atoms with Crippen LogP contribution in [0.2, 0.25) is 0 Å². The number of amides is 1. The number of ether oxygens (including phenoxy) is 1. The van der Waals surface area contributed by atoms with Crippen LogP contribution < -0.4 is 10.1 Å². The number of benzene rings is 3. The zero-order valence-electron chi connectivity index (χ0n) is 17.5. The Morgan fingerprint density at radius 2 is 1.88 bits per heavy atom. The molecule has 0 aliphatic heterocycles. The summed E-state index contributed by atoms with van der Waals surface area (Å²) in [6, 6.07) is 19.9. The minimum Gasteiger partial charge on any atom is -0.484 e. The second-order valence-corrected chi connectivity index (χ2v) is 8.27. The van der Waals surface area contributed by atoms with Crippen molar-refractivity contribution in [1.29, 1.82) is 0 Å². The molecule has 1 amide bonds. The van der Waals surface area contributed by atoms with Crippen molar-refractivity contribution in [2.75, 3.05) is 5.32 Å². The van der Waals surface area contributed by atoms with Crippen molar-refractivity contribution in [3.8, 4) is 5.75 Å². The number of carbonyl (C=O) groups excluding carboxylic acids is 1. The fraction of sp³-hybridized carbons (Fsp3) is 0.240. The van der Waals surface area contributed by atoms with E-state index in [4.69, 9.17) is 21.4 Å². The van der Waals surface area contributed by atoms with Gasteiger partial charge in [-0.2, -0.15) is 0 Å². The van der Waals surface area contributed by atoms with Gasteiger partial charge in [-0.1, -0.05) is 42.5 Å². The smallest absolute Gasteiger partial charge is 0.287 e. The van der Waals surface area contributed by atoms with Crippen molar-refractivity contribution in [2.45, 2.75) is 38.8 Å². The van der Waals surface area contributed by atoms with Crippen LogP contribution >= 0.6 is 12.2 Å². The monoisotopic (exact) mass is 445 g/mol. The quantitative estimate of drug-likeness (QED) is 0.399. The predicted molar refractivity (Wildman–Crippen MR) is 125 cm³/mol. The van der Waals surface area contributed by atoms with Gasteiger partial charge in [0.15, 0.2) is 6.61 Å². The fourth-order valence-corrected chi connectivity index (χ4v) is 4.31. The van der Waals surface area contributed by atoms with Crippen molar-refractivity contribution < 1.29 is 13.9 Å². The minimum absolute atomic E-state index is 0.0373. The second kappa shape index (κ2) is 8.96. The zero-order chi connectivity index (χ0) is 21.9. The molecule has 4 aromatic rings. The molecule has 162 valence electrons. The second-order valence-electron chi connectivity index (χ2n) is 7.92. The van der Waals surface area contributed by atoms with Crippen LogP contribution in [0, 0.1) is 4.84 Å². The number of aryl methyl sites for hydroxylation is 2. The maximum atomic E-state index is 12.6. The van der Waals surface area contributed by atoms with Crippen LogP contribution in [0.3, 0.4) is 0 Å². The average molecular weight is 446 g/mol. The summed E-state index contributed by atoms with van der Waals surface area (Å²) in [5.74, 6) is 0.897. The number of nitrogens with one attached hydrogen (secondary N) is 1. The van der Waals surface area contributed by atoms with Crippen molar-refractivity contribution in [1.82, 2.24) is 9.78 Å². The number of aromatic nitrogens is 2. The van der Waals surface area contributed by atoms with Gasteiger partial charge in [0.25, 0.3) is 10.7 Å². The van der Waals surface area contributed by atoms with E-state index in [1.54, 1.807) is 0 Å². The van der Waals surface area contributed by atoms with Crippen LogP contribution in [-0.4, -0.2) is 15.7 Å². The standard InChI is InChI=1S/C25H23N3O3S/c29-23(26-22-11-5-9-18-7-3-4-10-21(18)22)15-28-25(32)31-24(27-28)16-30-20-13-12-17-6-1-2-8-19(17)14-20/h3-5,7,9-14H,1-2,6,8,15-16H2,(H,26,29). The molecule has 0 atom stereocenters. The summed E-state index contributed by atoms with van der Waals surface area (Å²) >= 11 is 5.24. The molecule has 0 saturated heterocycles. The van der Waals surface area contributed by atoms with E-state index in [1.165, 1.54) is 28.7 Å². The van der Waals surface area contributed by atoms with Crippen LogP contribution in [-0.2, 0) is 30.8 Å². The molecule has 0 saturated carbocycles. The van der Waals surface area contributed by atoms with Crippen LogP contribution in [0.1, 0.15) is 29.9 Å². The van der Waals surface area contributed by atoms with Gasteiger partial charge < -0.3 is 14.5 Å². The lowest BCUT2D eigenvalue weighted by Gasteiger charge is -2.16. The van der Waals surface area contributed by atoms with E-state index in [-0.39, 0.29) is 23.9 Å². The molecule has 3 aromatic carbocycles. The lowest BCUT2D eigenvalue weighted by atomic mass is 9.92. The van der Waals surface area contributed by atoms with Gasteiger partial charge in [-0.05, 0) is 72.6 Å². The third-order valence-corrected chi connectivity index (χ3v) is 5.98. The Morgan fingerprint density at radius 1 is 1.06 bits per heavy atom.